The maximum absolute atomic E-state index is 3.65. The average molecular weight is 257 g/mol. The van der Waals surface area contributed by atoms with E-state index in [0.29, 0.717) is 6.04 Å². The van der Waals surface area contributed by atoms with Crippen molar-refractivity contribution in [3.8, 4) is 0 Å². The maximum atomic E-state index is 3.65. The number of likely N-dealkylation sites (N-methyl/N-ethyl adjacent to an activating group) is 1. The van der Waals surface area contributed by atoms with Crippen molar-refractivity contribution in [2.75, 3.05) is 26.7 Å². The fraction of sp³-hybridized carbons (Fsp3) is 0.500. The zero-order chi connectivity index (χ0) is 13.4. The first-order valence-electron chi connectivity index (χ1n) is 7.19. The summed E-state index contributed by atoms with van der Waals surface area (Å²) in [6, 6.07) is 7.31. The predicted octanol–water partition coefficient (Wildman–Crippen LogP) is 2.32. The largest absolute Gasteiger partial charge is 0.350 e. The van der Waals surface area contributed by atoms with Crippen molar-refractivity contribution < 1.29 is 0 Å². The molecular formula is C16H23N3. The van der Waals surface area contributed by atoms with Gasteiger partial charge in [-0.05, 0) is 36.7 Å². The van der Waals surface area contributed by atoms with Crippen LogP contribution in [0.4, 0.5) is 0 Å². The SMILES string of the molecule is CCc1ccc2c(c1)c(C1CN(C)CCN1)cn2C. The Morgan fingerprint density at radius 3 is 2.89 bits per heavy atom. The van der Waals surface area contributed by atoms with Gasteiger partial charge in [-0.3, -0.25) is 0 Å². The molecule has 19 heavy (non-hydrogen) atoms. The van der Waals surface area contributed by atoms with Crippen molar-refractivity contribution in [3.63, 3.8) is 0 Å². The molecule has 0 radical (unpaired) electrons. The lowest BCUT2D eigenvalue weighted by Crippen LogP contribution is -2.43. The monoisotopic (exact) mass is 257 g/mol. The summed E-state index contributed by atoms with van der Waals surface area (Å²) in [5, 5.41) is 5.07. The Bertz CT molecular complexity index is 585. The smallest absolute Gasteiger partial charge is 0.0481 e. The quantitative estimate of drug-likeness (QED) is 0.891. The number of rotatable bonds is 2. The van der Waals surface area contributed by atoms with Gasteiger partial charge in [-0.25, -0.2) is 0 Å². The minimum atomic E-state index is 0.453. The van der Waals surface area contributed by atoms with Crippen LogP contribution in [-0.4, -0.2) is 36.1 Å². The van der Waals surface area contributed by atoms with Gasteiger partial charge < -0.3 is 14.8 Å². The van der Waals surface area contributed by atoms with Crippen LogP contribution < -0.4 is 5.32 Å². The highest BCUT2D eigenvalue weighted by molar-refractivity contribution is 5.85. The number of hydrogen-bond acceptors (Lipinski definition) is 2. The van der Waals surface area contributed by atoms with Crippen molar-refractivity contribution in [2.24, 2.45) is 7.05 Å². The molecule has 3 heteroatoms. The zero-order valence-corrected chi connectivity index (χ0v) is 12.1. The molecule has 1 fully saturated rings. The van der Waals surface area contributed by atoms with E-state index >= 15 is 0 Å². The van der Waals surface area contributed by atoms with Crippen molar-refractivity contribution >= 4 is 10.9 Å². The van der Waals surface area contributed by atoms with Crippen molar-refractivity contribution in [1.82, 2.24) is 14.8 Å². The lowest BCUT2D eigenvalue weighted by molar-refractivity contribution is 0.241. The number of benzene rings is 1. The molecule has 1 saturated heterocycles. The number of nitrogens with zero attached hydrogens (tertiary/aromatic N) is 2. The van der Waals surface area contributed by atoms with E-state index in [0.717, 1.165) is 26.1 Å². The number of nitrogens with one attached hydrogen (secondary N) is 1. The number of hydrogen-bond donors (Lipinski definition) is 1. The molecule has 1 atom stereocenters. The number of aryl methyl sites for hydroxylation is 2. The van der Waals surface area contributed by atoms with E-state index in [1.165, 1.54) is 22.0 Å². The zero-order valence-electron chi connectivity index (χ0n) is 12.1. The number of piperazine rings is 1. The molecule has 102 valence electrons. The Morgan fingerprint density at radius 1 is 1.32 bits per heavy atom. The van der Waals surface area contributed by atoms with Gasteiger partial charge in [0.2, 0.25) is 0 Å². The first-order chi connectivity index (χ1) is 9.19. The van der Waals surface area contributed by atoms with Crippen LogP contribution in [0.1, 0.15) is 24.1 Å². The second kappa shape index (κ2) is 4.99. The molecule has 1 N–H and O–H groups in total. The average Bonchev–Trinajstić information content (AvgIpc) is 2.75. The Balaban J connectivity index is 2.06. The highest BCUT2D eigenvalue weighted by Crippen LogP contribution is 2.28. The van der Waals surface area contributed by atoms with Crippen molar-refractivity contribution in [3.05, 3.63) is 35.5 Å². The molecule has 3 rings (SSSR count). The predicted molar refractivity (Wildman–Crippen MR) is 80.5 cm³/mol. The number of aromatic nitrogens is 1. The minimum absolute atomic E-state index is 0.453. The molecule has 0 bridgehead atoms. The molecule has 1 unspecified atom stereocenters. The second-order valence-corrected chi connectivity index (χ2v) is 5.67. The van der Waals surface area contributed by atoms with E-state index in [9.17, 15) is 0 Å². The van der Waals surface area contributed by atoms with Gasteiger partial charge in [0.15, 0.2) is 0 Å². The van der Waals surface area contributed by atoms with Gasteiger partial charge in [0.05, 0.1) is 0 Å². The molecule has 2 aromatic rings. The lowest BCUT2D eigenvalue weighted by Gasteiger charge is -2.30. The normalized spacial score (nSPS) is 21.1. The maximum Gasteiger partial charge on any atom is 0.0481 e. The topological polar surface area (TPSA) is 20.2 Å². The van der Waals surface area contributed by atoms with Gasteiger partial charge in [-0.2, -0.15) is 0 Å². The van der Waals surface area contributed by atoms with Crippen molar-refractivity contribution in [2.45, 2.75) is 19.4 Å². The van der Waals surface area contributed by atoms with Gasteiger partial charge in [0.1, 0.15) is 0 Å². The molecule has 1 aromatic carbocycles. The fourth-order valence-corrected chi connectivity index (χ4v) is 3.07. The van der Waals surface area contributed by atoms with Gasteiger partial charge in [-0.1, -0.05) is 13.0 Å². The summed E-state index contributed by atoms with van der Waals surface area (Å²) in [6.07, 6.45) is 3.39. The van der Waals surface area contributed by atoms with Crippen molar-refractivity contribution in [1.29, 1.82) is 0 Å². The third-order valence-corrected chi connectivity index (χ3v) is 4.25. The fourth-order valence-electron chi connectivity index (χ4n) is 3.07. The van der Waals surface area contributed by atoms with Crippen LogP contribution in [0.3, 0.4) is 0 Å². The summed E-state index contributed by atoms with van der Waals surface area (Å²) in [7, 11) is 4.35. The minimum Gasteiger partial charge on any atom is -0.350 e. The number of fused-ring (bicyclic) bond motifs is 1. The van der Waals surface area contributed by atoms with E-state index < -0.39 is 0 Å². The molecule has 1 aliphatic rings. The van der Waals surface area contributed by atoms with E-state index in [4.69, 9.17) is 0 Å². The molecule has 0 aliphatic carbocycles. The van der Waals surface area contributed by atoms with Gasteiger partial charge >= 0.3 is 0 Å². The summed E-state index contributed by atoms with van der Waals surface area (Å²) in [5.74, 6) is 0. The van der Waals surface area contributed by atoms with Crippen LogP contribution in [0.5, 0.6) is 0 Å². The van der Waals surface area contributed by atoms with Crippen LogP contribution in [-0.2, 0) is 13.5 Å². The Labute approximate surface area is 115 Å². The molecule has 3 nitrogen and oxygen atoms in total. The van der Waals surface area contributed by atoms with E-state index in [1.54, 1.807) is 0 Å². The lowest BCUT2D eigenvalue weighted by atomic mass is 10.0. The molecule has 2 heterocycles. The summed E-state index contributed by atoms with van der Waals surface area (Å²) in [5.41, 5.74) is 4.20. The van der Waals surface area contributed by atoms with Crippen LogP contribution in [0.25, 0.3) is 10.9 Å². The van der Waals surface area contributed by atoms with Crippen LogP contribution >= 0.6 is 0 Å². The molecular weight excluding hydrogens is 234 g/mol. The standard InChI is InChI=1S/C16H23N3/c1-4-12-5-6-16-13(9-12)14(10-19(16)3)15-11-18(2)8-7-17-15/h5-6,9-10,15,17H,4,7-8,11H2,1-3H3. The molecule has 1 aliphatic heterocycles. The Hall–Kier alpha value is -1.32. The second-order valence-electron chi connectivity index (χ2n) is 5.67. The summed E-state index contributed by atoms with van der Waals surface area (Å²) in [4.78, 5) is 2.41. The third kappa shape index (κ3) is 2.28. The summed E-state index contributed by atoms with van der Waals surface area (Å²) < 4.78 is 2.25. The van der Waals surface area contributed by atoms with Crippen LogP contribution in [0.2, 0.25) is 0 Å². The first kappa shape index (κ1) is 12.7. The molecule has 1 aromatic heterocycles. The van der Waals surface area contributed by atoms with Crippen LogP contribution in [0.15, 0.2) is 24.4 Å². The van der Waals surface area contributed by atoms with Crippen LogP contribution in [0, 0.1) is 0 Å². The Kier molecular flexibility index (Phi) is 3.33. The van der Waals surface area contributed by atoms with E-state index in [-0.39, 0.29) is 0 Å². The molecule has 0 amide bonds. The molecule has 0 spiro atoms. The van der Waals surface area contributed by atoms with E-state index in [2.05, 4.69) is 60.2 Å². The highest BCUT2D eigenvalue weighted by Gasteiger charge is 2.21. The van der Waals surface area contributed by atoms with Gasteiger partial charge in [0, 0.05) is 49.8 Å². The first-order valence-corrected chi connectivity index (χ1v) is 7.19. The third-order valence-electron chi connectivity index (χ3n) is 4.25. The highest BCUT2D eigenvalue weighted by atomic mass is 15.2. The van der Waals surface area contributed by atoms with Gasteiger partial charge in [0.25, 0.3) is 0 Å². The molecule has 0 saturated carbocycles. The summed E-state index contributed by atoms with van der Waals surface area (Å²) >= 11 is 0. The van der Waals surface area contributed by atoms with E-state index in [1.807, 2.05) is 0 Å². The summed E-state index contributed by atoms with van der Waals surface area (Å²) in [6.45, 7) is 5.53. The Morgan fingerprint density at radius 2 is 2.16 bits per heavy atom. The van der Waals surface area contributed by atoms with Gasteiger partial charge in [-0.15, -0.1) is 0 Å².